The van der Waals surface area contributed by atoms with Crippen LogP contribution in [0.25, 0.3) is 0 Å². The maximum absolute atomic E-state index is 13.5. The number of rotatable bonds is 9. The van der Waals surface area contributed by atoms with Crippen molar-refractivity contribution in [3.63, 3.8) is 0 Å². The van der Waals surface area contributed by atoms with Crippen LogP contribution in [0.4, 0.5) is 5.69 Å². The van der Waals surface area contributed by atoms with Gasteiger partial charge in [-0.05, 0) is 39.7 Å². The van der Waals surface area contributed by atoms with Crippen molar-refractivity contribution in [2.75, 3.05) is 39.5 Å². The molecular formula is C23H31N5O8S. The van der Waals surface area contributed by atoms with Crippen LogP contribution in [0, 0.1) is 17.0 Å². The molecule has 202 valence electrons. The molecule has 4 rings (SSSR count). The van der Waals surface area contributed by atoms with Crippen LogP contribution < -0.4 is 10.1 Å². The zero-order chi connectivity index (χ0) is 26.7. The van der Waals surface area contributed by atoms with E-state index in [9.17, 15) is 23.3 Å². The number of benzene rings is 1. The Morgan fingerprint density at radius 2 is 2.03 bits per heavy atom. The Morgan fingerprint density at radius 1 is 1.30 bits per heavy atom. The van der Waals surface area contributed by atoms with Crippen LogP contribution in [0.15, 0.2) is 23.1 Å². The van der Waals surface area contributed by atoms with Gasteiger partial charge in [-0.25, -0.2) is 13.1 Å². The van der Waals surface area contributed by atoms with Gasteiger partial charge in [0.25, 0.3) is 11.6 Å². The molecular weight excluding hydrogens is 506 g/mol. The van der Waals surface area contributed by atoms with Crippen LogP contribution in [-0.4, -0.2) is 78.9 Å². The number of hydrogen-bond donors (Lipinski definition) is 1. The number of amides is 1. The highest BCUT2D eigenvalue weighted by molar-refractivity contribution is 7.89. The summed E-state index contributed by atoms with van der Waals surface area (Å²) < 4.78 is 46.5. The Morgan fingerprint density at radius 3 is 2.65 bits per heavy atom. The van der Waals surface area contributed by atoms with E-state index in [1.54, 1.807) is 6.92 Å². The fourth-order valence-electron chi connectivity index (χ4n) is 4.21. The van der Waals surface area contributed by atoms with Crippen molar-refractivity contribution in [3.05, 3.63) is 39.6 Å². The Kier molecular flexibility index (Phi) is 8.11. The van der Waals surface area contributed by atoms with Crippen LogP contribution in [0.2, 0.25) is 0 Å². The number of sulfonamides is 1. The third-order valence-corrected chi connectivity index (χ3v) is 8.16. The molecule has 1 aromatic heterocycles. The van der Waals surface area contributed by atoms with Crippen molar-refractivity contribution in [3.8, 4) is 11.6 Å². The predicted octanol–water partition coefficient (Wildman–Crippen LogP) is 2.40. The first-order valence-electron chi connectivity index (χ1n) is 12.1. The third-order valence-electron chi connectivity index (χ3n) is 6.24. The molecule has 2 fully saturated rings. The van der Waals surface area contributed by atoms with Gasteiger partial charge in [0.2, 0.25) is 15.9 Å². The second-order valence-corrected chi connectivity index (χ2v) is 11.1. The summed E-state index contributed by atoms with van der Waals surface area (Å²) >= 11 is 0. The highest BCUT2D eigenvalue weighted by Gasteiger charge is 2.33. The van der Waals surface area contributed by atoms with Crippen LogP contribution in [0.5, 0.6) is 11.6 Å². The van der Waals surface area contributed by atoms with Gasteiger partial charge in [-0.15, -0.1) is 0 Å². The number of morpholine rings is 1. The minimum atomic E-state index is -4.14. The number of nitro benzene ring substituents is 1. The molecule has 0 spiro atoms. The smallest absolute Gasteiger partial charge is 0.272 e. The number of ether oxygens (including phenoxy) is 3. The molecule has 2 aromatic rings. The molecule has 1 unspecified atom stereocenters. The average molecular weight is 538 g/mol. The fourth-order valence-corrected chi connectivity index (χ4v) is 5.75. The lowest BCUT2D eigenvalue weighted by Gasteiger charge is -2.26. The van der Waals surface area contributed by atoms with Gasteiger partial charge >= 0.3 is 0 Å². The van der Waals surface area contributed by atoms with E-state index in [0.717, 1.165) is 18.9 Å². The molecule has 14 heteroatoms. The number of nitro groups is 1. The van der Waals surface area contributed by atoms with E-state index in [0.29, 0.717) is 18.7 Å². The Balaban J connectivity index is 1.69. The van der Waals surface area contributed by atoms with Crippen LogP contribution in [0.3, 0.4) is 0 Å². The molecule has 37 heavy (non-hydrogen) atoms. The monoisotopic (exact) mass is 537 g/mol. The summed E-state index contributed by atoms with van der Waals surface area (Å²) in [6.07, 6.45) is 1.78. The van der Waals surface area contributed by atoms with E-state index < -0.39 is 20.9 Å². The molecule has 1 amide bonds. The summed E-state index contributed by atoms with van der Waals surface area (Å²) in [5.41, 5.74) is 0.162. The van der Waals surface area contributed by atoms with E-state index in [1.165, 1.54) is 21.1 Å². The number of carbonyl (C=O) groups excluding carboxylic acids is 1. The van der Waals surface area contributed by atoms with Crippen molar-refractivity contribution in [1.29, 1.82) is 0 Å². The van der Waals surface area contributed by atoms with Gasteiger partial charge < -0.3 is 19.5 Å². The van der Waals surface area contributed by atoms with Gasteiger partial charge in [-0.3, -0.25) is 14.9 Å². The highest BCUT2D eigenvalue weighted by Crippen LogP contribution is 2.37. The largest absolute Gasteiger partial charge is 0.438 e. The normalized spacial score (nSPS) is 18.8. The zero-order valence-electron chi connectivity index (χ0n) is 21.0. The topological polar surface area (TPSA) is 155 Å². The molecule has 1 N–H and O–H groups in total. The van der Waals surface area contributed by atoms with E-state index in [1.807, 2.05) is 13.8 Å². The first kappa shape index (κ1) is 27.0. The third kappa shape index (κ3) is 5.76. The lowest BCUT2D eigenvalue weighted by atomic mass is 10.2. The molecule has 1 atom stereocenters. The van der Waals surface area contributed by atoms with Gasteiger partial charge in [0, 0.05) is 43.9 Å². The molecule has 0 aliphatic carbocycles. The molecule has 0 saturated carbocycles. The lowest BCUT2D eigenvalue weighted by molar-refractivity contribution is -0.385. The Labute approximate surface area is 214 Å². The SMILES string of the molecule is Cc1c(C(=O)NCC2CCCO2)nn(C(C)C)c1Oc1ccc([N+](=O)[O-])cc1S(=O)(=O)N1CCOCC1. The fraction of sp³-hybridized carbons (Fsp3) is 0.565. The van der Waals surface area contributed by atoms with Gasteiger partial charge in [0.15, 0.2) is 5.69 Å². The number of nitrogens with one attached hydrogen (secondary N) is 1. The number of carbonyl (C=O) groups is 1. The summed E-state index contributed by atoms with van der Waals surface area (Å²) in [5, 5.41) is 18.7. The van der Waals surface area contributed by atoms with Crippen molar-refractivity contribution in [2.45, 2.75) is 50.7 Å². The van der Waals surface area contributed by atoms with Crippen LogP contribution >= 0.6 is 0 Å². The van der Waals surface area contributed by atoms with Crippen molar-refractivity contribution < 1.29 is 32.3 Å². The average Bonchev–Trinajstić information content (AvgIpc) is 3.51. The standard InChI is InChI=1S/C23H31N5O8S/c1-15(2)27-23(16(3)21(25-27)22(29)24-14-18-5-4-10-35-18)36-19-7-6-17(28(30)31)13-20(19)37(32,33)26-8-11-34-12-9-26/h6-7,13,15,18H,4-5,8-12,14H2,1-3H3,(H,24,29). The summed E-state index contributed by atoms with van der Waals surface area (Å²) in [5.74, 6) is -0.333. The number of aromatic nitrogens is 2. The Hall–Kier alpha value is -3.07. The maximum atomic E-state index is 13.5. The molecule has 0 radical (unpaired) electrons. The van der Waals surface area contributed by atoms with Crippen LogP contribution in [0.1, 0.15) is 48.8 Å². The molecule has 3 heterocycles. The molecule has 2 aliphatic rings. The van der Waals surface area contributed by atoms with E-state index in [4.69, 9.17) is 14.2 Å². The number of nitrogens with zero attached hydrogens (tertiary/aromatic N) is 4. The first-order valence-corrected chi connectivity index (χ1v) is 13.6. The van der Waals surface area contributed by atoms with Gasteiger partial charge in [-0.1, -0.05) is 0 Å². The molecule has 2 aliphatic heterocycles. The first-order chi connectivity index (χ1) is 17.6. The maximum Gasteiger partial charge on any atom is 0.272 e. The van der Waals surface area contributed by atoms with E-state index in [-0.39, 0.29) is 66.4 Å². The molecule has 1 aromatic carbocycles. The van der Waals surface area contributed by atoms with Gasteiger partial charge in [-0.2, -0.15) is 9.40 Å². The van der Waals surface area contributed by atoms with E-state index >= 15 is 0 Å². The molecule has 0 bridgehead atoms. The predicted molar refractivity (Wildman–Crippen MR) is 131 cm³/mol. The van der Waals surface area contributed by atoms with Gasteiger partial charge in [0.1, 0.15) is 10.6 Å². The lowest BCUT2D eigenvalue weighted by Crippen LogP contribution is -2.40. The van der Waals surface area contributed by atoms with E-state index in [2.05, 4.69) is 10.4 Å². The summed E-state index contributed by atoms with van der Waals surface area (Å²) in [7, 11) is -4.14. The Bertz CT molecular complexity index is 1260. The summed E-state index contributed by atoms with van der Waals surface area (Å²) in [4.78, 5) is 23.3. The number of non-ortho nitro benzene ring substituents is 1. The summed E-state index contributed by atoms with van der Waals surface area (Å²) in [6, 6.07) is 3.18. The molecule has 13 nitrogen and oxygen atoms in total. The van der Waals surface area contributed by atoms with Crippen LogP contribution in [-0.2, 0) is 19.5 Å². The molecule has 2 saturated heterocycles. The second kappa shape index (κ2) is 11.1. The number of hydrogen-bond acceptors (Lipinski definition) is 9. The zero-order valence-corrected chi connectivity index (χ0v) is 21.8. The second-order valence-electron chi connectivity index (χ2n) is 9.17. The highest BCUT2D eigenvalue weighted by atomic mass is 32.2. The summed E-state index contributed by atoms with van der Waals surface area (Å²) in [6.45, 7) is 7.03. The van der Waals surface area contributed by atoms with Gasteiger partial charge in [0.05, 0.1) is 30.3 Å². The minimum absolute atomic E-state index is 0.0415. The van der Waals surface area contributed by atoms with Crippen molar-refractivity contribution in [2.24, 2.45) is 0 Å². The minimum Gasteiger partial charge on any atom is -0.438 e. The quantitative estimate of drug-likeness (QED) is 0.375. The van der Waals surface area contributed by atoms with Crippen molar-refractivity contribution >= 4 is 21.6 Å². The van der Waals surface area contributed by atoms with Crippen molar-refractivity contribution in [1.82, 2.24) is 19.4 Å².